The molecule has 2 aromatic rings. The van der Waals surface area contributed by atoms with Crippen LogP contribution < -0.4 is 18.9 Å². The van der Waals surface area contributed by atoms with Gasteiger partial charge >= 0.3 is 11.9 Å². The van der Waals surface area contributed by atoms with Crippen LogP contribution in [0.3, 0.4) is 0 Å². The van der Waals surface area contributed by atoms with Crippen molar-refractivity contribution in [1.82, 2.24) is 0 Å². The van der Waals surface area contributed by atoms with E-state index < -0.39 is 23.6 Å². The van der Waals surface area contributed by atoms with Gasteiger partial charge in [0.15, 0.2) is 5.78 Å². The Balaban J connectivity index is 1.86. The van der Waals surface area contributed by atoms with E-state index in [1.165, 1.54) is 19.9 Å². The fourth-order valence-corrected chi connectivity index (χ4v) is 4.37. The zero-order valence-corrected chi connectivity index (χ0v) is 21.8. The topological polar surface area (TPSA) is 108 Å². The maximum atomic E-state index is 13.4. The van der Waals surface area contributed by atoms with Crippen LogP contribution in [-0.2, 0) is 16.0 Å². The normalized spacial score (nSPS) is 17.0. The van der Waals surface area contributed by atoms with Crippen molar-refractivity contribution in [3.8, 4) is 28.7 Å². The average Bonchev–Trinajstić information content (AvgIpc) is 2.76. The molecule has 0 radical (unpaired) electrons. The molecule has 1 atom stereocenters. The molecule has 0 aliphatic carbocycles. The third kappa shape index (κ3) is 5.53. The van der Waals surface area contributed by atoms with E-state index in [0.29, 0.717) is 28.9 Å². The molecule has 8 heteroatoms. The first-order valence-corrected chi connectivity index (χ1v) is 12.0. The van der Waals surface area contributed by atoms with E-state index >= 15 is 0 Å². The van der Waals surface area contributed by atoms with E-state index in [1.54, 1.807) is 18.2 Å². The van der Waals surface area contributed by atoms with Gasteiger partial charge in [0.05, 0.1) is 12.0 Å². The summed E-state index contributed by atoms with van der Waals surface area (Å²) in [6.45, 7) is 10.3. The van der Waals surface area contributed by atoms with Crippen molar-refractivity contribution >= 4 is 23.8 Å². The molecule has 37 heavy (non-hydrogen) atoms. The molecule has 0 bridgehead atoms. The van der Waals surface area contributed by atoms with E-state index in [2.05, 4.69) is 0 Å². The molecule has 2 aliphatic heterocycles. The minimum Gasteiger partial charge on any atom is -0.506 e. The number of fused-ring (bicyclic) bond motifs is 2. The number of ketones is 1. The first-order chi connectivity index (χ1) is 17.3. The van der Waals surface area contributed by atoms with E-state index in [9.17, 15) is 19.5 Å². The second kappa shape index (κ2) is 9.76. The molecule has 0 spiro atoms. The Kier molecular flexibility index (Phi) is 6.86. The van der Waals surface area contributed by atoms with Gasteiger partial charge in [-0.05, 0) is 58.4 Å². The second-order valence-electron chi connectivity index (χ2n) is 9.96. The maximum Gasteiger partial charge on any atom is 0.308 e. The number of esters is 2. The molecule has 2 aromatic carbocycles. The van der Waals surface area contributed by atoms with Crippen LogP contribution in [0.4, 0.5) is 0 Å². The highest BCUT2D eigenvalue weighted by molar-refractivity contribution is 6.05. The minimum atomic E-state index is -0.792. The van der Waals surface area contributed by atoms with Crippen molar-refractivity contribution < 1.29 is 38.4 Å². The molecular formula is C29H30O8. The lowest BCUT2D eigenvalue weighted by atomic mass is 9.88. The number of ether oxygens (including phenoxy) is 4. The molecule has 0 saturated heterocycles. The van der Waals surface area contributed by atoms with Gasteiger partial charge in [-0.2, -0.15) is 0 Å². The van der Waals surface area contributed by atoms with Gasteiger partial charge in [-0.1, -0.05) is 11.6 Å². The van der Waals surface area contributed by atoms with Crippen LogP contribution in [0.2, 0.25) is 0 Å². The first-order valence-electron chi connectivity index (χ1n) is 12.0. The van der Waals surface area contributed by atoms with Gasteiger partial charge < -0.3 is 24.1 Å². The molecule has 0 saturated carbocycles. The number of Topliss-reactive ketones (excluding diaryl/α,β-unsaturated/α-hetero) is 1. The maximum absolute atomic E-state index is 13.4. The number of benzene rings is 2. The third-order valence-corrected chi connectivity index (χ3v) is 5.95. The summed E-state index contributed by atoms with van der Waals surface area (Å²) in [7, 11) is 0. The average molecular weight is 507 g/mol. The van der Waals surface area contributed by atoms with E-state index in [0.717, 1.165) is 5.57 Å². The van der Waals surface area contributed by atoms with Crippen molar-refractivity contribution in [2.45, 2.75) is 66.1 Å². The summed E-state index contributed by atoms with van der Waals surface area (Å²) in [5.74, 6) is -0.592. The molecule has 2 aliphatic rings. The molecule has 1 N–H and O–H groups in total. The summed E-state index contributed by atoms with van der Waals surface area (Å²) in [5, 5.41) is 11.1. The van der Waals surface area contributed by atoms with Crippen LogP contribution in [0.5, 0.6) is 28.7 Å². The minimum absolute atomic E-state index is 0.0828. The fraction of sp³-hybridized carbons (Fsp3) is 0.345. The number of carbonyl (C=O) groups excluding carboxylic acids is 3. The lowest BCUT2D eigenvalue weighted by Crippen LogP contribution is -2.29. The molecule has 194 valence electrons. The van der Waals surface area contributed by atoms with Crippen molar-refractivity contribution in [3.05, 3.63) is 58.2 Å². The number of phenolic OH excluding ortho intramolecular Hbond substituents is 1. The van der Waals surface area contributed by atoms with Crippen LogP contribution in [0.15, 0.2) is 35.9 Å². The predicted molar refractivity (Wildman–Crippen MR) is 136 cm³/mol. The van der Waals surface area contributed by atoms with Crippen LogP contribution in [0, 0.1) is 0 Å². The second-order valence-corrected chi connectivity index (χ2v) is 9.96. The highest BCUT2D eigenvalue weighted by Gasteiger charge is 2.38. The lowest BCUT2D eigenvalue weighted by molar-refractivity contribution is -0.132. The Morgan fingerprint density at radius 3 is 2.24 bits per heavy atom. The zero-order chi connectivity index (χ0) is 27.1. The monoisotopic (exact) mass is 506 g/mol. The zero-order valence-electron chi connectivity index (χ0n) is 21.8. The molecule has 0 fully saturated rings. The number of hydrogen-bond donors (Lipinski definition) is 1. The number of allylic oxidation sites excluding steroid dienone is 2. The van der Waals surface area contributed by atoms with Crippen molar-refractivity contribution in [2.24, 2.45) is 0 Å². The number of carbonyl (C=O) groups is 3. The summed E-state index contributed by atoms with van der Waals surface area (Å²) < 4.78 is 23.1. The fourth-order valence-electron chi connectivity index (χ4n) is 4.37. The predicted octanol–water partition coefficient (Wildman–Crippen LogP) is 5.64. The summed E-state index contributed by atoms with van der Waals surface area (Å²) in [6.07, 6.45) is 5.15. The van der Waals surface area contributed by atoms with Gasteiger partial charge in [-0.25, -0.2) is 0 Å². The number of hydrogen-bond acceptors (Lipinski definition) is 8. The molecule has 0 unspecified atom stereocenters. The summed E-state index contributed by atoms with van der Waals surface area (Å²) in [6, 6.07) is 4.54. The van der Waals surface area contributed by atoms with Crippen LogP contribution in [0.1, 0.15) is 81.1 Å². The summed E-state index contributed by atoms with van der Waals surface area (Å²) in [4.78, 5) is 36.6. The largest absolute Gasteiger partial charge is 0.506 e. The van der Waals surface area contributed by atoms with Gasteiger partial charge in [-0.3, -0.25) is 14.4 Å². The van der Waals surface area contributed by atoms with Crippen LogP contribution >= 0.6 is 0 Å². The van der Waals surface area contributed by atoms with Gasteiger partial charge in [0.2, 0.25) is 0 Å². The Morgan fingerprint density at radius 1 is 1.05 bits per heavy atom. The lowest BCUT2D eigenvalue weighted by Gasteiger charge is -2.34. The van der Waals surface area contributed by atoms with Gasteiger partial charge in [0.25, 0.3) is 0 Å². The molecule has 8 nitrogen and oxygen atoms in total. The smallest absolute Gasteiger partial charge is 0.308 e. The molecular weight excluding hydrogens is 476 g/mol. The molecule has 0 aromatic heterocycles. The highest BCUT2D eigenvalue weighted by Crippen LogP contribution is 2.51. The van der Waals surface area contributed by atoms with E-state index in [4.69, 9.17) is 18.9 Å². The summed E-state index contributed by atoms with van der Waals surface area (Å²) >= 11 is 0. The van der Waals surface area contributed by atoms with E-state index in [-0.39, 0.29) is 40.8 Å². The Morgan fingerprint density at radius 2 is 1.68 bits per heavy atom. The van der Waals surface area contributed by atoms with Crippen molar-refractivity contribution in [1.29, 1.82) is 0 Å². The molecule has 2 heterocycles. The number of aromatic hydroxyl groups is 1. The van der Waals surface area contributed by atoms with E-state index in [1.807, 2.05) is 39.8 Å². The van der Waals surface area contributed by atoms with Crippen molar-refractivity contribution in [2.75, 3.05) is 0 Å². The molecule has 0 amide bonds. The van der Waals surface area contributed by atoms with Gasteiger partial charge in [0.1, 0.15) is 46.0 Å². The van der Waals surface area contributed by atoms with Gasteiger partial charge in [-0.15, -0.1) is 0 Å². The highest BCUT2D eigenvalue weighted by atomic mass is 16.5. The van der Waals surface area contributed by atoms with Crippen LogP contribution in [0.25, 0.3) is 6.08 Å². The molecule has 4 rings (SSSR count). The Hall–Kier alpha value is -4.07. The number of phenols is 1. The summed E-state index contributed by atoms with van der Waals surface area (Å²) in [5.41, 5.74) is 2.12. The first kappa shape index (κ1) is 26.0. The van der Waals surface area contributed by atoms with Gasteiger partial charge in [0, 0.05) is 31.0 Å². The standard InChI is InChI=1S/C29H30O8/c1-15(2)7-8-22-27-21(9-10-29(5,6)37-27)26(33)25-23(32)14-24(36-28(22)25)18-11-19(34-16(3)30)13-20(12-18)35-17(4)31/h7,9-13,24,33H,8,14H2,1-6H3/t24-/m0/s1. The third-order valence-electron chi connectivity index (χ3n) is 5.95. The Bertz CT molecular complexity index is 1320. The SMILES string of the molecule is CC(=O)Oc1cc(OC(C)=O)cc([C@@H]2CC(=O)c3c(O)c4c(c(CC=C(C)C)c3O2)OC(C)(C)C=C4)c1. The van der Waals surface area contributed by atoms with Crippen LogP contribution in [-0.4, -0.2) is 28.4 Å². The number of rotatable bonds is 5. The Labute approximate surface area is 215 Å². The van der Waals surface area contributed by atoms with Crippen molar-refractivity contribution in [3.63, 3.8) is 0 Å². The quantitative estimate of drug-likeness (QED) is 0.315.